The van der Waals surface area contributed by atoms with Crippen LogP contribution in [0.3, 0.4) is 0 Å². The van der Waals surface area contributed by atoms with Crippen LogP contribution in [-0.4, -0.2) is 26.0 Å². The number of nitrogens with two attached hydrogens (primary N) is 1. The monoisotopic (exact) mass is 420 g/mol. The van der Waals surface area contributed by atoms with Crippen LogP contribution in [0.1, 0.15) is 49.9 Å². The Kier molecular flexibility index (Phi) is 8.04. The molecule has 7 nitrogen and oxygen atoms in total. The molecular formula is C21H28N2O5S. The van der Waals surface area contributed by atoms with Gasteiger partial charge in [0.1, 0.15) is 10.6 Å². The number of carbonyl (C=O) groups is 1. The topological polar surface area (TPSA) is 119 Å². The molecule has 2 aromatic carbocycles. The third-order valence-corrected chi connectivity index (χ3v) is 5.61. The summed E-state index contributed by atoms with van der Waals surface area (Å²) in [5.74, 6) is -0.469. The Balaban J connectivity index is 2.49. The third kappa shape index (κ3) is 6.47. The summed E-state index contributed by atoms with van der Waals surface area (Å²) in [6.45, 7) is 4.78. The van der Waals surface area contributed by atoms with Crippen LogP contribution in [0.5, 0.6) is 11.5 Å². The minimum Gasteiger partial charge on any atom is -0.478 e. The van der Waals surface area contributed by atoms with Gasteiger partial charge in [-0.25, -0.2) is 18.4 Å². The number of ether oxygens (including phenoxy) is 1. The van der Waals surface area contributed by atoms with Crippen molar-refractivity contribution in [1.82, 2.24) is 0 Å². The quantitative estimate of drug-likeness (QED) is 0.494. The highest BCUT2D eigenvalue weighted by atomic mass is 32.2. The number of anilines is 1. The SMILES string of the molecule is CCCC[C@@H](CC)CNc1cc(C(=O)O)cc(S(N)(=O)=O)c1Oc1ccccc1. The number of rotatable bonds is 11. The second kappa shape index (κ2) is 10.3. The molecule has 0 aliphatic rings. The molecule has 29 heavy (non-hydrogen) atoms. The van der Waals surface area contributed by atoms with Crippen molar-refractivity contribution in [2.75, 3.05) is 11.9 Å². The first kappa shape index (κ1) is 22.7. The Morgan fingerprint density at radius 1 is 1.21 bits per heavy atom. The summed E-state index contributed by atoms with van der Waals surface area (Å²) in [6.07, 6.45) is 4.15. The molecule has 158 valence electrons. The molecule has 0 radical (unpaired) electrons. The summed E-state index contributed by atoms with van der Waals surface area (Å²) in [5.41, 5.74) is 0.103. The highest BCUT2D eigenvalue weighted by Gasteiger charge is 2.24. The maximum atomic E-state index is 12.2. The first-order chi connectivity index (χ1) is 13.8. The smallest absolute Gasteiger partial charge is 0.335 e. The molecule has 0 amide bonds. The predicted molar refractivity (Wildman–Crippen MR) is 113 cm³/mol. The average Bonchev–Trinajstić information content (AvgIpc) is 2.68. The number of primary sulfonamides is 1. The van der Waals surface area contributed by atoms with Crippen LogP contribution in [0.2, 0.25) is 0 Å². The first-order valence-electron chi connectivity index (χ1n) is 9.67. The Morgan fingerprint density at radius 3 is 2.45 bits per heavy atom. The zero-order valence-electron chi connectivity index (χ0n) is 16.7. The fraction of sp³-hybridized carbons (Fsp3) is 0.381. The number of sulfonamides is 1. The molecule has 0 unspecified atom stereocenters. The van der Waals surface area contributed by atoms with E-state index in [-0.39, 0.29) is 21.9 Å². The van der Waals surface area contributed by atoms with Crippen molar-refractivity contribution >= 4 is 21.7 Å². The summed E-state index contributed by atoms with van der Waals surface area (Å²) in [4.78, 5) is 11.2. The van der Waals surface area contributed by atoms with Gasteiger partial charge >= 0.3 is 5.97 Å². The van der Waals surface area contributed by atoms with Crippen LogP contribution in [0.4, 0.5) is 5.69 Å². The van der Waals surface area contributed by atoms with Crippen molar-refractivity contribution in [1.29, 1.82) is 0 Å². The van der Waals surface area contributed by atoms with Crippen LogP contribution < -0.4 is 15.2 Å². The zero-order chi connectivity index (χ0) is 21.4. The second-order valence-corrected chi connectivity index (χ2v) is 8.44. The molecule has 1 atom stereocenters. The standard InChI is InChI=1S/C21H28N2O5S/c1-3-5-9-15(4-2)14-23-18-12-16(21(24)25)13-19(29(22,26)27)20(18)28-17-10-7-6-8-11-17/h6-8,10-13,15,23H,3-5,9,14H2,1-2H3,(H,24,25)(H2,22,26,27)/t15-/m1/s1. The number of carboxylic acids is 1. The molecule has 0 fully saturated rings. The zero-order valence-corrected chi connectivity index (χ0v) is 17.5. The largest absolute Gasteiger partial charge is 0.478 e. The first-order valence-corrected chi connectivity index (χ1v) is 11.2. The van der Waals surface area contributed by atoms with Crippen molar-refractivity contribution in [3.63, 3.8) is 0 Å². The van der Waals surface area contributed by atoms with Crippen LogP contribution in [0.15, 0.2) is 47.4 Å². The molecule has 4 N–H and O–H groups in total. The van der Waals surface area contributed by atoms with Gasteiger partial charge in [0.05, 0.1) is 11.3 Å². The van der Waals surface area contributed by atoms with Gasteiger partial charge in [0.15, 0.2) is 5.75 Å². The number of carboxylic acid groups (broad SMARTS) is 1. The Labute approximate surface area is 171 Å². The highest BCUT2D eigenvalue weighted by molar-refractivity contribution is 7.89. The summed E-state index contributed by atoms with van der Waals surface area (Å²) in [5, 5.41) is 18.0. The van der Waals surface area contributed by atoms with Gasteiger partial charge in [-0.1, -0.05) is 51.3 Å². The minimum absolute atomic E-state index is 0.00551. The minimum atomic E-state index is -4.22. The summed E-state index contributed by atoms with van der Waals surface area (Å²) in [7, 11) is -4.22. The van der Waals surface area contributed by atoms with Gasteiger partial charge in [-0.2, -0.15) is 0 Å². The fourth-order valence-electron chi connectivity index (χ4n) is 2.98. The van der Waals surface area contributed by atoms with Crippen molar-refractivity contribution < 1.29 is 23.1 Å². The number of hydrogen-bond acceptors (Lipinski definition) is 5. The third-order valence-electron chi connectivity index (χ3n) is 4.70. The van der Waals surface area contributed by atoms with E-state index in [4.69, 9.17) is 9.88 Å². The normalized spacial score (nSPS) is 12.4. The lowest BCUT2D eigenvalue weighted by molar-refractivity contribution is 0.0696. The van der Waals surface area contributed by atoms with E-state index < -0.39 is 16.0 Å². The van der Waals surface area contributed by atoms with E-state index in [0.717, 1.165) is 31.7 Å². The van der Waals surface area contributed by atoms with Gasteiger partial charge in [0, 0.05) is 6.54 Å². The summed E-state index contributed by atoms with van der Waals surface area (Å²) >= 11 is 0. The average molecular weight is 421 g/mol. The predicted octanol–water partition coefficient (Wildman–Crippen LogP) is 4.45. The lowest BCUT2D eigenvalue weighted by Gasteiger charge is -2.20. The number of unbranched alkanes of at least 4 members (excludes halogenated alkanes) is 1. The fourth-order valence-corrected chi connectivity index (χ4v) is 3.68. The number of hydrogen-bond donors (Lipinski definition) is 3. The molecule has 2 aromatic rings. The Hall–Kier alpha value is -2.58. The summed E-state index contributed by atoms with van der Waals surface area (Å²) < 4.78 is 30.2. The van der Waals surface area contributed by atoms with Crippen LogP contribution in [0.25, 0.3) is 0 Å². The van der Waals surface area contributed by atoms with Crippen molar-refractivity contribution in [3.05, 3.63) is 48.0 Å². The van der Waals surface area contributed by atoms with Crippen LogP contribution in [0, 0.1) is 5.92 Å². The molecule has 0 saturated carbocycles. The maximum absolute atomic E-state index is 12.2. The van der Waals surface area contributed by atoms with Crippen LogP contribution in [-0.2, 0) is 10.0 Å². The number of nitrogens with one attached hydrogen (secondary N) is 1. The molecule has 0 spiro atoms. The van der Waals surface area contributed by atoms with E-state index in [1.54, 1.807) is 30.3 Å². The molecule has 0 heterocycles. The van der Waals surface area contributed by atoms with Gasteiger partial charge in [-0.3, -0.25) is 0 Å². The van der Waals surface area contributed by atoms with Crippen molar-refractivity contribution in [3.8, 4) is 11.5 Å². The van der Waals surface area contributed by atoms with E-state index in [1.807, 2.05) is 0 Å². The van der Waals surface area contributed by atoms with Crippen molar-refractivity contribution in [2.24, 2.45) is 11.1 Å². The lowest BCUT2D eigenvalue weighted by Crippen LogP contribution is -2.18. The van der Waals surface area contributed by atoms with Crippen LogP contribution >= 0.6 is 0 Å². The molecule has 0 aliphatic heterocycles. The molecule has 2 rings (SSSR count). The van der Waals surface area contributed by atoms with E-state index in [0.29, 0.717) is 18.2 Å². The van der Waals surface area contributed by atoms with Crippen molar-refractivity contribution in [2.45, 2.75) is 44.4 Å². The molecule has 0 aromatic heterocycles. The number of para-hydroxylation sites is 1. The Morgan fingerprint density at radius 2 is 1.90 bits per heavy atom. The number of aromatic carboxylic acids is 1. The molecule has 0 aliphatic carbocycles. The molecule has 8 heteroatoms. The highest BCUT2D eigenvalue weighted by Crippen LogP contribution is 2.37. The molecule has 0 bridgehead atoms. The van der Waals surface area contributed by atoms with Gasteiger partial charge in [0.25, 0.3) is 0 Å². The van der Waals surface area contributed by atoms with Gasteiger partial charge in [0.2, 0.25) is 10.0 Å². The summed E-state index contributed by atoms with van der Waals surface area (Å²) in [6, 6.07) is 11.1. The van der Waals surface area contributed by atoms with Gasteiger partial charge < -0.3 is 15.2 Å². The lowest BCUT2D eigenvalue weighted by atomic mass is 9.99. The maximum Gasteiger partial charge on any atom is 0.335 e. The number of benzene rings is 2. The Bertz CT molecular complexity index is 930. The van der Waals surface area contributed by atoms with E-state index >= 15 is 0 Å². The van der Waals surface area contributed by atoms with E-state index in [2.05, 4.69) is 19.2 Å². The van der Waals surface area contributed by atoms with Gasteiger partial charge in [-0.05, 0) is 36.6 Å². The molecular weight excluding hydrogens is 392 g/mol. The second-order valence-electron chi connectivity index (χ2n) is 6.91. The van der Waals surface area contributed by atoms with E-state index in [1.165, 1.54) is 6.07 Å². The molecule has 0 saturated heterocycles. The van der Waals surface area contributed by atoms with Gasteiger partial charge in [-0.15, -0.1) is 0 Å². The van der Waals surface area contributed by atoms with E-state index in [9.17, 15) is 18.3 Å².